The van der Waals surface area contributed by atoms with E-state index in [2.05, 4.69) is 0 Å². The molecule has 118 valence electrons. The minimum atomic E-state index is -0.592. The lowest BCUT2D eigenvalue weighted by Crippen LogP contribution is -2.54. The fourth-order valence-corrected chi connectivity index (χ4v) is 3.69. The third kappa shape index (κ3) is 2.09. The van der Waals surface area contributed by atoms with Gasteiger partial charge in [-0.25, -0.2) is 0 Å². The van der Waals surface area contributed by atoms with Crippen LogP contribution in [0, 0.1) is 5.41 Å². The molecule has 3 heterocycles. The molecule has 22 heavy (non-hydrogen) atoms. The van der Waals surface area contributed by atoms with Crippen molar-refractivity contribution in [3.63, 3.8) is 0 Å². The van der Waals surface area contributed by atoms with E-state index in [-0.39, 0.29) is 18.2 Å². The van der Waals surface area contributed by atoms with Gasteiger partial charge in [0.2, 0.25) is 0 Å². The van der Waals surface area contributed by atoms with Crippen molar-refractivity contribution >= 4 is 5.91 Å². The molecular weight excluding hydrogens is 282 g/mol. The number of rotatable bonds is 3. The SMILES string of the molecule is Cn1cc(COC2CC3(C2)OC2CCCN2C3=O)ccc1=N. The number of carbonyl (C=O) groups excluding carboxylic acids is 1. The molecule has 1 aliphatic carbocycles. The lowest BCUT2D eigenvalue weighted by molar-refractivity contribution is -0.177. The second-order valence-electron chi connectivity index (χ2n) is 6.58. The average molecular weight is 303 g/mol. The first-order valence-corrected chi connectivity index (χ1v) is 7.88. The number of hydrogen-bond donors (Lipinski definition) is 1. The van der Waals surface area contributed by atoms with Crippen molar-refractivity contribution in [1.29, 1.82) is 5.41 Å². The van der Waals surface area contributed by atoms with Crippen LogP contribution in [0.3, 0.4) is 0 Å². The fourth-order valence-electron chi connectivity index (χ4n) is 3.69. The molecule has 1 amide bonds. The van der Waals surface area contributed by atoms with Gasteiger partial charge in [-0.2, -0.15) is 0 Å². The summed E-state index contributed by atoms with van der Waals surface area (Å²) in [5, 5.41) is 7.64. The Bertz CT molecular complexity index is 663. The van der Waals surface area contributed by atoms with Crippen LogP contribution in [0.1, 0.15) is 31.2 Å². The molecule has 4 rings (SSSR count). The normalized spacial score (nSPS) is 33.3. The number of nitrogens with one attached hydrogen (secondary N) is 1. The average Bonchev–Trinajstić information content (AvgIpc) is 3.01. The van der Waals surface area contributed by atoms with Gasteiger partial charge in [-0.05, 0) is 24.5 Å². The Balaban J connectivity index is 1.33. The minimum absolute atomic E-state index is 0.0112. The fraction of sp³-hybridized carbons (Fsp3) is 0.625. The molecule has 0 aromatic carbocycles. The number of nitrogens with zero attached hydrogens (tertiary/aromatic N) is 2. The maximum absolute atomic E-state index is 12.4. The number of carbonyl (C=O) groups is 1. The van der Waals surface area contributed by atoms with Gasteiger partial charge < -0.3 is 18.9 Å². The van der Waals surface area contributed by atoms with Gasteiger partial charge in [-0.3, -0.25) is 10.2 Å². The van der Waals surface area contributed by atoms with Crippen LogP contribution in [0.5, 0.6) is 0 Å². The van der Waals surface area contributed by atoms with Gasteiger partial charge >= 0.3 is 0 Å². The molecule has 2 saturated heterocycles. The van der Waals surface area contributed by atoms with Crippen LogP contribution in [0.15, 0.2) is 18.3 Å². The Hall–Kier alpha value is -1.66. The van der Waals surface area contributed by atoms with Crippen LogP contribution in [-0.2, 0) is 27.9 Å². The second-order valence-corrected chi connectivity index (χ2v) is 6.58. The van der Waals surface area contributed by atoms with E-state index in [0.29, 0.717) is 24.9 Å². The standard InChI is InChI=1S/C16H21N3O3/c1-18-9-11(4-5-13(18)17)10-21-12-7-16(8-12)15(20)19-6-2-3-14(19)22-16/h4-5,9,12,14,17H,2-3,6-8,10H2,1H3. The van der Waals surface area contributed by atoms with Crippen LogP contribution < -0.4 is 5.49 Å². The summed E-state index contributed by atoms with van der Waals surface area (Å²) in [7, 11) is 1.85. The lowest BCUT2D eigenvalue weighted by atomic mass is 9.76. The number of aryl methyl sites for hydroxylation is 1. The van der Waals surface area contributed by atoms with E-state index in [1.807, 2.05) is 24.2 Å². The zero-order valence-electron chi connectivity index (χ0n) is 12.7. The third-order valence-corrected chi connectivity index (χ3v) is 5.01. The Morgan fingerprint density at radius 1 is 1.45 bits per heavy atom. The summed E-state index contributed by atoms with van der Waals surface area (Å²) in [6, 6.07) is 3.67. The van der Waals surface area contributed by atoms with Gasteiger partial charge in [-0.15, -0.1) is 0 Å². The van der Waals surface area contributed by atoms with E-state index in [0.717, 1.165) is 24.9 Å². The molecule has 6 heteroatoms. The van der Waals surface area contributed by atoms with Crippen LogP contribution in [0.2, 0.25) is 0 Å². The molecule has 2 aliphatic heterocycles. The summed E-state index contributed by atoms with van der Waals surface area (Å²) >= 11 is 0. The van der Waals surface area contributed by atoms with E-state index in [1.165, 1.54) is 0 Å². The Labute approximate surface area is 129 Å². The first-order valence-electron chi connectivity index (χ1n) is 7.88. The summed E-state index contributed by atoms with van der Waals surface area (Å²) in [5.74, 6) is 0.166. The van der Waals surface area contributed by atoms with Crippen LogP contribution in [0.25, 0.3) is 0 Å². The highest BCUT2D eigenvalue weighted by molar-refractivity contribution is 5.88. The molecule has 3 fully saturated rings. The number of hydrogen-bond acceptors (Lipinski definition) is 4. The zero-order chi connectivity index (χ0) is 15.3. The monoisotopic (exact) mass is 303 g/mol. The largest absolute Gasteiger partial charge is 0.373 e. The summed E-state index contributed by atoms with van der Waals surface area (Å²) in [6.07, 6.45) is 5.36. The predicted molar refractivity (Wildman–Crippen MR) is 77.6 cm³/mol. The summed E-state index contributed by atoms with van der Waals surface area (Å²) in [6.45, 7) is 1.35. The maximum atomic E-state index is 12.4. The van der Waals surface area contributed by atoms with E-state index >= 15 is 0 Å². The molecule has 1 N–H and O–H groups in total. The molecule has 0 radical (unpaired) electrons. The van der Waals surface area contributed by atoms with Crippen molar-refractivity contribution < 1.29 is 14.3 Å². The molecule has 1 unspecified atom stereocenters. The number of pyridine rings is 1. The van der Waals surface area contributed by atoms with Crippen molar-refractivity contribution in [2.24, 2.45) is 7.05 Å². The maximum Gasteiger partial charge on any atom is 0.257 e. The summed E-state index contributed by atoms with van der Waals surface area (Å²) in [5.41, 5.74) is 0.918. The lowest BCUT2D eigenvalue weighted by Gasteiger charge is -2.42. The van der Waals surface area contributed by atoms with Gasteiger partial charge in [0.15, 0.2) is 5.60 Å². The van der Waals surface area contributed by atoms with Crippen LogP contribution in [-0.4, -0.2) is 39.9 Å². The smallest absolute Gasteiger partial charge is 0.257 e. The highest BCUT2D eigenvalue weighted by Crippen LogP contribution is 2.47. The quantitative estimate of drug-likeness (QED) is 0.902. The molecule has 1 aromatic heterocycles. The highest BCUT2D eigenvalue weighted by Gasteiger charge is 2.61. The van der Waals surface area contributed by atoms with E-state index in [9.17, 15) is 4.79 Å². The molecule has 1 aromatic rings. The van der Waals surface area contributed by atoms with Gasteiger partial charge in [0.25, 0.3) is 5.91 Å². The Morgan fingerprint density at radius 3 is 3.00 bits per heavy atom. The van der Waals surface area contributed by atoms with E-state index in [4.69, 9.17) is 14.9 Å². The van der Waals surface area contributed by atoms with Crippen LogP contribution in [0.4, 0.5) is 0 Å². The summed E-state index contributed by atoms with van der Waals surface area (Å²) < 4.78 is 13.7. The predicted octanol–water partition coefficient (Wildman–Crippen LogP) is 0.901. The molecule has 3 aliphatic rings. The molecule has 1 spiro atoms. The second kappa shape index (κ2) is 4.93. The van der Waals surface area contributed by atoms with Crippen LogP contribution >= 0.6 is 0 Å². The first kappa shape index (κ1) is 14.0. The van der Waals surface area contributed by atoms with Gasteiger partial charge in [0, 0.05) is 32.6 Å². The summed E-state index contributed by atoms with van der Waals surface area (Å²) in [4.78, 5) is 14.3. The number of fused-ring (bicyclic) bond motifs is 1. The number of amides is 1. The van der Waals surface area contributed by atoms with Crippen molar-refractivity contribution in [1.82, 2.24) is 9.47 Å². The van der Waals surface area contributed by atoms with Crippen molar-refractivity contribution in [3.8, 4) is 0 Å². The van der Waals surface area contributed by atoms with Gasteiger partial charge in [0.1, 0.15) is 11.7 Å². The minimum Gasteiger partial charge on any atom is -0.373 e. The van der Waals surface area contributed by atoms with E-state index in [1.54, 1.807) is 10.6 Å². The number of aromatic nitrogens is 1. The van der Waals surface area contributed by atoms with Crippen molar-refractivity contribution in [2.75, 3.05) is 6.54 Å². The molecule has 1 saturated carbocycles. The van der Waals surface area contributed by atoms with Crippen molar-refractivity contribution in [2.45, 2.75) is 50.2 Å². The number of ether oxygens (including phenoxy) is 2. The molecule has 6 nitrogen and oxygen atoms in total. The Kier molecular flexibility index (Phi) is 3.13. The molecular formula is C16H21N3O3. The molecule has 1 atom stereocenters. The van der Waals surface area contributed by atoms with Crippen molar-refractivity contribution in [3.05, 3.63) is 29.4 Å². The van der Waals surface area contributed by atoms with E-state index < -0.39 is 5.60 Å². The highest BCUT2D eigenvalue weighted by atomic mass is 16.6. The third-order valence-electron chi connectivity index (χ3n) is 5.01. The Morgan fingerprint density at radius 2 is 2.27 bits per heavy atom. The first-order chi connectivity index (χ1) is 10.6. The molecule has 0 bridgehead atoms. The van der Waals surface area contributed by atoms with Gasteiger partial charge in [0.05, 0.1) is 12.7 Å². The zero-order valence-corrected chi connectivity index (χ0v) is 12.7. The topological polar surface area (TPSA) is 67.6 Å². The van der Waals surface area contributed by atoms with Gasteiger partial charge in [-0.1, -0.05) is 6.07 Å².